The molecule has 0 aromatic rings. The van der Waals surface area contributed by atoms with E-state index in [4.69, 9.17) is 4.74 Å². The summed E-state index contributed by atoms with van der Waals surface area (Å²) in [5, 5.41) is 7.02. The fourth-order valence-corrected chi connectivity index (χ4v) is 2.31. The van der Waals surface area contributed by atoms with Gasteiger partial charge in [-0.15, -0.1) is 0 Å². The first-order chi connectivity index (χ1) is 9.00. The van der Waals surface area contributed by atoms with Crippen LogP contribution < -0.4 is 10.6 Å². The SMILES string of the molecule is C1CCCCNCCCOCCCCNCCC1. The molecule has 1 rings (SSSR count). The van der Waals surface area contributed by atoms with E-state index in [9.17, 15) is 0 Å². The summed E-state index contributed by atoms with van der Waals surface area (Å²) in [5.41, 5.74) is 0. The number of hydrogen-bond acceptors (Lipinski definition) is 3. The lowest BCUT2D eigenvalue weighted by molar-refractivity contribution is 0.128. The first kappa shape index (κ1) is 15.9. The third-order valence-corrected chi connectivity index (χ3v) is 3.49. The van der Waals surface area contributed by atoms with Crippen LogP contribution in [0.5, 0.6) is 0 Å². The van der Waals surface area contributed by atoms with E-state index in [0.29, 0.717) is 0 Å². The van der Waals surface area contributed by atoms with Gasteiger partial charge in [0.05, 0.1) is 0 Å². The molecule has 0 saturated carbocycles. The molecule has 0 atom stereocenters. The number of rotatable bonds is 0. The van der Waals surface area contributed by atoms with Gasteiger partial charge in [0.1, 0.15) is 0 Å². The molecule has 0 aromatic carbocycles. The third-order valence-electron chi connectivity index (χ3n) is 3.49. The summed E-state index contributed by atoms with van der Waals surface area (Å²) in [7, 11) is 0. The fraction of sp³-hybridized carbons (Fsp3) is 1.00. The molecule has 0 radical (unpaired) electrons. The maximum Gasteiger partial charge on any atom is 0.0478 e. The van der Waals surface area contributed by atoms with E-state index >= 15 is 0 Å². The molecule has 1 aliphatic rings. The summed E-state index contributed by atoms with van der Waals surface area (Å²) >= 11 is 0. The average Bonchev–Trinajstić information content (AvgIpc) is 2.39. The molecule has 0 bridgehead atoms. The van der Waals surface area contributed by atoms with Gasteiger partial charge in [-0.2, -0.15) is 0 Å². The standard InChI is InChI=1S/C15H32N2O/c1-2-4-6-11-17-13-9-15-18-14-8-7-12-16-10-5-3-1/h16-17H,1-15H2. The third kappa shape index (κ3) is 11.0. The molecule has 0 spiro atoms. The van der Waals surface area contributed by atoms with Crippen molar-refractivity contribution >= 4 is 0 Å². The largest absolute Gasteiger partial charge is 0.381 e. The van der Waals surface area contributed by atoms with Gasteiger partial charge in [0, 0.05) is 13.2 Å². The zero-order valence-electron chi connectivity index (χ0n) is 12.0. The van der Waals surface area contributed by atoms with Gasteiger partial charge >= 0.3 is 0 Å². The van der Waals surface area contributed by atoms with Crippen molar-refractivity contribution in [3.8, 4) is 0 Å². The van der Waals surface area contributed by atoms with E-state index in [-0.39, 0.29) is 0 Å². The lowest BCUT2D eigenvalue weighted by Crippen LogP contribution is -2.19. The van der Waals surface area contributed by atoms with Gasteiger partial charge in [0.15, 0.2) is 0 Å². The van der Waals surface area contributed by atoms with Crippen LogP contribution in [-0.4, -0.2) is 39.4 Å². The Morgan fingerprint density at radius 2 is 0.889 bits per heavy atom. The highest BCUT2D eigenvalue weighted by atomic mass is 16.5. The molecule has 0 aromatic heterocycles. The Balaban J connectivity index is 2.00. The summed E-state index contributed by atoms with van der Waals surface area (Å²) in [6, 6.07) is 0. The van der Waals surface area contributed by atoms with Gasteiger partial charge in [-0.3, -0.25) is 0 Å². The Kier molecular flexibility index (Phi) is 11.8. The number of hydrogen-bond donors (Lipinski definition) is 2. The van der Waals surface area contributed by atoms with Crippen molar-refractivity contribution in [3.05, 3.63) is 0 Å². The molecule has 1 aliphatic heterocycles. The zero-order valence-corrected chi connectivity index (χ0v) is 12.0. The van der Waals surface area contributed by atoms with Crippen molar-refractivity contribution < 1.29 is 4.74 Å². The molecule has 1 heterocycles. The van der Waals surface area contributed by atoms with Crippen LogP contribution in [0.1, 0.15) is 57.8 Å². The quantitative estimate of drug-likeness (QED) is 0.699. The predicted octanol–water partition coefficient (Wildman–Crippen LogP) is 2.71. The van der Waals surface area contributed by atoms with Crippen LogP contribution in [0.4, 0.5) is 0 Å². The monoisotopic (exact) mass is 256 g/mol. The second-order valence-corrected chi connectivity index (χ2v) is 5.29. The van der Waals surface area contributed by atoms with E-state index in [2.05, 4.69) is 10.6 Å². The highest BCUT2D eigenvalue weighted by molar-refractivity contribution is 4.53. The minimum absolute atomic E-state index is 0.917. The first-order valence-corrected chi connectivity index (χ1v) is 7.99. The molecular formula is C15H32N2O. The van der Waals surface area contributed by atoms with Crippen molar-refractivity contribution in [2.75, 3.05) is 39.4 Å². The Morgan fingerprint density at radius 1 is 0.444 bits per heavy atom. The fourth-order valence-electron chi connectivity index (χ4n) is 2.31. The molecule has 0 aliphatic carbocycles. The van der Waals surface area contributed by atoms with Crippen molar-refractivity contribution in [1.82, 2.24) is 10.6 Å². The van der Waals surface area contributed by atoms with Gasteiger partial charge in [0.2, 0.25) is 0 Å². The topological polar surface area (TPSA) is 33.3 Å². The Hall–Kier alpha value is -0.120. The summed E-state index contributed by atoms with van der Waals surface area (Å²) in [4.78, 5) is 0. The van der Waals surface area contributed by atoms with Gasteiger partial charge in [-0.05, 0) is 58.3 Å². The maximum absolute atomic E-state index is 5.61. The van der Waals surface area contributed by atoms with E-state index in [1.807, 2.05) is 0 Å². The van der Waals surface area contributed by atoms with E-state index < -0.39 is 0 Å². The molecule has 1 saturated heterocycles. The minimum atomic E-state index is 0.917. The van der Waals surface area contributed by atoms with Crippen LogP contribution in [0.15, 0.2) is 0 Å². The first-order valence-electron chi connectivity index (χ1n) is 7.99. The van der Waals surface area contributed by atoms with Crippen LogP contribution in [-0.2, 0) is 4.74 Å². The number of ether oxygens (including phenoxy) is 1. The molecule has 18 heavy (non-hydrogen) atoms. The molecule has 3 heteroatoms. The van der Waals surface area contributed by atoms with Gasteiger partial charge in [-0.25, -0.2) is 0 Å². The van der Waals surface area contributed by atoms with Crippen LogP contribution in [0.3, 0.4) is 0 Å². The van der Waals surface area contributed by atoms with Gasteiger partial charge in [0.25, 0.3) is 0 Å². The second-order valence-electron chi connectivity index (χ2n) is 5.29. The van der Waals surface area contributed by atoms with Crippen LogP contribution in [0.25, 0.3) is 0 Å². The smallest absolute Gasteiger partial charge is 0.0478 e. The summed E-state index contributed by atoms with van der Waals surface area (Å²) in [6.45, 7) is 6.50. The predicted molar refractivity (Wildman–Crippen MR) is 78.1 cm³/mol. The molecule has 1 fully saturated rings. The van der Waals surface area contributed by atoms with Gasteiger partial charge < -0.3 is 15.4 Å². The zero-order chi connectivity index (χ0) is 12.7. The second kappa shape index (κ2) is 13.3. The summed E-state index contributed by atoms with van der Waals surface area (Å²) in [6.07, 6.45) is 11.9. The van der Waals surface area contributed by atoms with Crippen molar-refractivity contribution in [2.24, 2.45) is 0 Å². The van der Waals surface area contributed by atoms with Gasteiger partial charge in [-0.1, -0.05) is 25.7 Å². The highest BCUT2D eigenvalue weighted by Crippen LogP contribution is 2.04. The lowest BCUT2D eigenvalue weighted by atomic mass is 10.1. The number of nitrogens with one attached hydrogen (secondary N) is 2. The summed E-state index contributed by atoms with van der Waals surface area (Å²) < 4.78 is 5.61. The normalized spacial score (nSPS) is 24.0. The highest BCUT2D eigenvalue weighted by Gasteiger charge is 1.95. The molecule has 108 valence electrons. The molecule has 2 N–H and O–H groups in total. The van der Waals surface area contributed by atoms with Crippen LogP contribution >= 0.6 is 0 Å². The molecule has 0 unspecified atom stereocenters. The molecule has 0 amide bonds. The van der Waals surface area contributed by atoms with E-state index in [1.165, 1.54) is 64.5 Å². The Morgan fingerprint density at radius 3 is 1.56 bits per heavy atom. The van der Waals surface area contributed by atoms with Crippen molar-refractivity contribution in [2.45, 2.75) is 57.8 Å². The Labute approximate surface area is 113 Å². The van der Waals surface area contributed by atoms with E-state index in [1.54, 1.807) is 0 Å². The van der Waals surface area contributed by atoms with Crippen LogP contribution in [0.2, 0.25) is 0 Å². The van der Waals surface area contributed by atoms with Crippen LogP contribution in [0, 0.1) is 0 Å². The molecular weight excluding hydrogens is 224 g/mol. The maximum atomic E-state index is 5.61. The Bertz CT molecular complexity index is 89.5. The van der Waals surface area contributed by atoms with Crippen molar-refractivity contribution in [3.63, 3.8) is 0 Å². The minimum Gasteiger partial charge on any atom is -0.381 e. The summed E-state index contributed by atoms with van der Waals surface area (Å²) in [5.74, 6) is 0. The average molecular weight is 256 g/mol. The lowest BCUT2D eigenvalue weighted by Gasteiger charge is -2.08. The molecule has 3 nitrogen and oxygen atoms in total. The van der Waals surface area contributed by atoms with Crippen molar-refractivity contribution in [1.29, 1.82) is 0 Å². The van der Waals surface area contributed by atoms with E-state index in [0.717, 1.165) is 32.7 Å².